The number of hydrogen-bond acceptors (Lipinski definition) is 5. The molecule has 0 saturated carbocycles. The molecule has 1 aliphatic heterocycles. The summed E-state index contributed by atoms with van der Waals surface area (Å²) in [5.41, 5.74) is 4.08. The minimum Gasteiger partial charge on any atom is -0.488 e. The lowest BCUT2D eigenvalue weighted by Gasteiger charge is -2.14. The smallest absolute Gasteiger partial charge is 0.411 e. The zero-order valence-electron chi connectivity index (χ0n) is 15.9. The summed E-state index contributed by atoms with van der Waals surface area (Å²) in [5.74, 6) is 0.469. The zero-order valence-corrected chi connectivity index (χ0v) is 15.9. The van der Waals surface area contributed by atoms with Gasteiger partial charge in [-0.1, -0.05) is 36.4 Å². The highest BCUT2D eigenvalue weighted by Gasteiger charge is 2.22. The topological polar surface area (TPSA) is 76.7 Å². The maximum atomic E-state index is 12.9. The van der Waals surface area contributed by atoms with Gasteiger partial charge in [-0.15, -0.1) is 0 Å². The summed E-state index contributed by atoms with van der Waals surface area (Å²) in [6.07, 6.45) is -0.518. The molecule has 0 saturated heterocycles. The minimum absolute atomic E-state index is 0.0518. The average molecular weight is 388 g/mol. The van der Waals surface area contributed by atoms with Gasteiger partial charge in [0.2, 0.25) is 0 Å². The lowest BCUT2D eigenvalue weighted by molar-refractivity contribution is 0.103. The second-order valence-electron chi connectivity index (χ2n) is 6.50. The van der Waals surface area contributed by atoms with Gasteiger partial charge in [-0.25, -0.2) is 4.79 Å². The molecule has 0 spiro atoms. The van der Waals surface area contributed by atoms with E-state index in [2.05, 4.69) is 10.6 Å². The fraction of sp³-hybridized carbons (Fsp3) is 0.130. The summed E-state index contributed by atoms with van der Waals surface area (Å²) in [4.78, 5) is 24.6. The molecule has 146 valence electrons. The highest BCUT2D eigenvalue weighted by Crippen LogP contribution is 2.33. The lowest BCUT2D eigenvalue weighted by Crippen LogP contribution is -2.14. The van der Waals surface area contributed by atoms with Gasteiger partial charge in [0.25, 0.3) is 0 Å². The molecule has 3 aromatic rings. The number of carbonyl (C=O) groups excluding carboxylic acids is 2. The van der Waals surface area contributed by atoms with E-state index in [1.807, 2.05) is 48.5 Å². The second kappa shape index (κ2) is 8.06. The molecule has 6 nitrogen and oxygen atoms in total. The Balaban J connectivity index is 1.60. The molecule has 0 aliphatic carbocycles. The van der Waals surface area contributed by atoms with Gasteiger partial charge >= 0.3 is 6.09 Å². The van der Waals surface area contributed by atoms with Crippen LogP contribution in [0.2, 0.25) is 0 Å². The number of carbonyl (C=O) groups is 2. The third-order valence-corrected chi connectivity index (χ3v) is 4.59. The van der Waals surface area contributed by atoms with Crippen LogP contribution in [0.5, 0.6) is 5.75 Å². The predicted octanol–water partition coefficient (Wildman–Crippen LogP) is 5.12. The summed E-state index contributed by atoms with van der Waals surface area (Å²) in [6, 6.07) is 20.1. The highest BCUT2D eigenvalue weighted by molar-refractivity contribution is 6.12. The molecule has 3 aromatic carbocycles. The first-order chi connectivity index (χ1) is 14.2. The standard InChI is InChI=1S/C23H20N2O4/c1-2-28-23(27)25-20-10-6-5-9-19(20)24-16-11-12-18-21(13-16)29-14-15-7-3-4-8-17(15)22(18)26/h3-13,24H,2,14H2,1H3,(H,25,27). The van der Waals surface area contributed by atoms with E-state index in [1.54, 1.807) is 25.1 Å². The van der Waals surface area contributed by atoms with Crippen molar-refractivity contribution >= 4 is 28.9 Å². The fourth-order valence-corrected chi connectivity index (χ4v) is 3.21. The molecular formula is C23H20N2O4. The Bertz CT molecular complexity index is 1080. The number of anilines is 3. The molecule has 0 fully saturated rings. The first kappa shape index (κ1) is 18.6. The van der Waals surface area contributed by atoms with Crippen LogP contribution in [0.1, 0.15) is 28.4 Å². The summed E-state index contributed by atoms with van der Waals surface area (Å²) in [7, 11) is 0. The number of para-hydroxylation sites is 2. The fourth-order valence-electron chi connectivity index (χ4n) is 3.21. The van der Waals surface area contributed by atoms with E-state index in [0.29, 0.717) is 41.5 Å². The van der Waals surface area contributed by atoms with E-state index >= 15 is 0 Å². The molecule has 0 radical (unpaired) electrons. The van der Waals surface area contributed by atoms with Crippen LogP contribution in [0.25, 0.3) is 0 Å². The summed E-state index contributed by atoms with van der Waals surface area (Å²) >= 11 is 0. The van der Waals surface area contributed by atoms with Crippen molar-refractivity contribution in [2.75, 3.05) is 17.2 Å². The molecule has 0 aromatic heterocycles. The number of fused-ring (bicyclic) bond motifs is 2. The first-order valence-corrected chi connectivity index (χ1v) is 9.35. The molecular weight excluding hydrogens is 368 g/mol. The van der Waals surface area contributed by atoms with Gasteiger partial charge in [-0.2, -0.15) is 0 Å². The summed E-state index contributed by atoms with van der Waals surface area (Å²) in [5, 5.41) is 5.98. The van der Waals surface area contributed by atoms with Gasteiger partial charge in [0.1, 0.15) is 12.4 Å². The van der Waals surface area contributed by atoms with E-state index in [4.69, 9.17) is 9.47 Å². The average Bonchev–Trinajstić information content (AvgIpc) is 2.87. The van der Waals surface area contributed by atoms with Crippen LogP contribution < -0.4 is 15.4 Å². The molecule has 4 rings (SSSR count). The number of nitrogens with one attached hydrogen (secondary N) is 2. The van der Waals surface area contributed by atoms with Crippen LogP contribution in [0.15, 0.2) is 66.7 Å². The van der Waals surface area contributed by atoms with Crippen LogP contribution in [-0.2, 0) is 11.3 Å². The molecule has 1 aliphatic rings. The summed E-state index contributed by atoms with van der Waals surface area (Å²) in [6.45, 7) is 2.37. The van der Waals surface area contributed by atoms with E-state index in [-0.39, 0.29) is 5.78 Å². The normalized spacial score (nSPS) is 12.1. The van der Waals surface area contributed by atoms with E-state index < -0.39 is 6.09 Å². The number of ether oxygens (including phenoxy) is 2. The minimum atomic E-state index is -0.518. The van der Waals surface area contributed by atoms with Crippen molar-refractivity contribution in [3.05, 3.63) is 83.4 Å². The van der Waals surface area contributed by atoms with Crippen molar-refractivity contribution in [1.82, 2.24) is 0 Å². The third kappa shape index (κ3) is 3.91. The maximum absolute atomic E-state index is 12.9. The second-order valence-corrected chi connectivity index (χ2v) is 6.50. The Hall–Kier alpha value is -3.80. The Morgan fingerprint density at radius 3 is 2.59 bits per heavy atom. The van der Waals surface area contributed by atoms with E-state index in [1.165, 1.54) is 0 Å². The van der Waals surface area contributed by atoms with Crippen LogP contribution in [0, 0.1) is 0 Å². The number of rotatable bonds is 4. The third-order valence-electron chi connectivity index (χ3n) is 4.59. The predicted molar refractivity (Wildman–Crippen MR) is 111 cm³/mol. The van der Waals surface area contributed by atoms with Crippen molar-refractivity contribution in [2.24, 2.45) is 0 Å². The Labute approximate surface area is 168 Å². The maximum Gasteiger partial charge on any atom is 0.411 e. The SMILES string of the molecule is CCOC(=O)Nc1ccccc1Nc1ccc2c(c1)OCc1ccccc1C2=O. The molecule has 6 heteroatoms. The molecule has 2 N–H and O–H groups in total. The summed E-state index contributed by atoms with van der Waals surface area (Å²) < 4.78 is 10.8. The molecule has 0 bridgehead atoms. The van der Waals surface area contributed by atoms with Crippen molar-refractivity contribution in [1.29, 1.82) is 0 Å². The van der Waals surface area contributed by atoms with Crippen LogP contribution >= 0.6 is 0 Å². The molecule has 0 unspecified atom stereocenters. The molecule has 29 heavy (non-hydrogen) atoms. The zero-order chi connectivity index (χ0) is 20.2. The van der Waals surface area contributed by atoms with Crippen molar-refractivity contribution in [2.45, 2.75) is 13.5 Å². The van der Waals surface area contributed by atoms with Crippen LogP contribution in [-0.4, -0.2) is 18.5 Å². The van der Waals surface area contributed by atoms with Gasteiger partial charge in [0.05, 0.1) is 23.5 Å². The highest BCUT2D eigenvalue weighted by atomic mass is 16.5. The van der Waals surface area contributed by atoms with Gasteiger partial charge in [-0.05, 0) is 31.2 Å². The number of benzene rings is 3. The van der Waals surface area contributed by atoms with Gasteiger partial charge in [0.15, 0.2) is 5.78 Å². The molecule has 1 heterocycles. The number of ketones is 1. The van der Waals surface area contributed by atoms with Gasteiger partial charge < -0.3 is 14.8 Å². The lowest BCUT2D eigenvalue weighted by atomic mass is 9.99. The number of amides is 1. The molecule has 0 atom stereocenters. The Kier molecular flexibility index (Phi) is 5.16. The van der Waals surface area contributed by atoms with Crippen LogP contribution in [0.3, 0.4) is 0 Å². The Morgan fingerprint density at radius 2 is 1.76 bits per heavy atom. The quantitative estimate of drug-likeness (QED) is 0.649. The van der Waals surface area contributed by atoms with Crippen molar-refractivity contribution in [3.63, 3.8) is 0 Å². The molecule has 1 amide bonds. The van der Waals surface area contributed by atoms with E-state index in [0.717, 1.165) is 11.3 Å². The van der Waals surface area contributed by atoms with Crippen LogP contribution in [0.4, 0.5) is 21.9 Å². The largest absolute Gasteiger partial charge is 0.488 e. The van der Waals surface area contributed by atoms with Gasteiger partial charge in [0, 0.05) is 22.9 Å². The van der Waals surface area contributed by atoms with Gasteiger partial charge in [-0.3, -0.25) is 10.1 Å². The Morgan fingerprint density at radius 1 is 1.00 bits per heavy atom. The monoisotopic (exact) mass is 388 g/mol. The number of hydrogen-bond donors (Lipinski definition) is 2. The van der Waals surface area contributed by atoms with Crippen molar-refractivity contribution in [3.8, 4) is 5.75 Å². The van der Waals surface area contributed by atoms with E-state index in [9.17, 15) is 9.59 Å². The first-order valence-electron chi connectivity index (χ1n) is 9.35. The van der Waals surface area contributed by atoms with Crippen molar-refractivity contribution < 1.29 is 19.1 Å².